The highest BCUT2D eigenvalue weighted by molar-refractivity contribution is 5.97. The third-order valence-corrected chi connectivity index (χ3v) is 4.48. The molecule has 0 saturated heterocycles. The van der Waals surface area contributed by atoms with Crippen molar-refractivity contribution in [3.8, 4) is 22.8 Å². The van der Waals surface area contributed by atoms with Crippen molar-refractivity contribution in [1.82, 2.24) is 29.9 Å². The first-order chi connectivity index (χ1) is 14.7. The Morgan fingerprint density at radius 3 is 2.87 bits per heavy atom. The molecular formula is C20H21N7O3. The molecule has 154 valence electrons. The van der Waals surface area contributed by atoms with Crippen molar-refractivity contribution in [1.29, 1.82) is 0 Å². The molecule has 4 aromatic rings. The maximum Gasteiger partial charge on any atom is 0.216 e. The number of anilines is 1. The molecular weight excluding hydrogens is 386 g/mol. The number of methoxy groups -OCH3 is 1. The van der Waals surface area contributed by atoms with E-state index in [-0.39, 0.29) is 18.1 Å². The number of aryl methyl sites for hydroxylation is 1. The number of ether oxygens (including phenoxy) is 1. The minimum absolute atomic E-state index is 0.0348. The average Bonchev–Trinajstić information content (AvgIpc) is 3.50. The molecule has 0 atom stereocenters. The predicted octanol–water partition coefficient (Wildman–Crippen LogP) is 2.57. The molecule has 2 N–H and O–H groups in total. The molecule has 0 fully saturated rings. The Balaban J connectivity index is 1.50. The molecule has 0 aliphatic rings. The van der Waals surface area contributed by atoms with Crippen molar-refractivity contribution in [3.63, 3.8) is 0 Å². The Labute approximate surface area is 172 Å². The number of rotatable bonds is 9. The Hall–Kier alpha value is -3.79. The molecule has 0 aromatic carbocycles. The summed E-state index contributed by atoms with van der Waals surface area (Å²) in [4.78, 5) is 21.2. The van der Waals surface area contributed by atoms with Crippen molar-refractivity contribution in [2.24, 2.45) is 0 Å². The first kappa shape index (κ1) is 19.5. The van der Waals surface area contributed by atoms with Crippen LogP contribution in [0.3, 0.4) is 0 Å². The zero-order valence-electron chi connectivity index (χ0n) is 16.6. The molecule has 0 unspecified atom stereocenters. The normalized spacial score (nSPS) is 11.0. The Kier molecular flexibility index (Phi) is 5.66. The van der Waals surface area contributed by atoms with Crippen molar-refractivity contribution in [2.75, 3.05) is 25.6 Å². The number of H-pyrrole nitrogens is 1. The summed E-state index contributed by atoms with van der Waals surface area (Å²) in [5, 5.41) is 14.5. The topological polar surface area (TPSA) is 124 Å². The molecule has 0 spiro atoms. The van der Waals surface area contributed by atoms with E-state index in [0.29, 0.717) is 36.1 Å². The number of hydrogen-bond acceptors (Lipinski definition) is 8. The number of furan rings is 1. The zero-order valence-corrected chi connectivity index (χ0v) is 16.6. The van der Waals surface area contributed by atoms with E-state index < -0.39 is 0 Å². The molecule has 4 heterocycles. The molecule has 30 heavy (non-hydrogen) atoms. The maximum absolute atomic E-state index is 12.7. The minimum atomic E-state index is -0.188. The molecule has 10 nitrogen and oxygen atoms in total. The number of aromatic nitrogens is 6. The lowest BCUT2D eigenvalue weighted by Crippen LogP contribution is -2.13. The lowest BCUT2D eigenvalue weighted by Gasteiger charge is -2.04. The van der Waals surface area contributed by atoms with Gasteiger partial charge in [-0.3, -0.25) is 14.6 Å². The van der Waals surface area contributed by atoms with Crippen molar-refractivity contribution in [3.05, 3.63) is 54.4 Å². The van der Waals surface area contributed by atoms with Crippen molar-refractivity contribution < 1.29 is 13.9 Å². The number of nitrogens with zero attached hydrogens (tertiary/aromatic N) is 5. The summed E-state index contributed by atoms with van der Waals surface area (Å²) in [6, 6.07) is 5.16. The number of aromatic amines is 1. The summed E-state index contributed by atoms with van der Waals surface area (Å²) in [7, 11) is 1.63. The summed E-state index contributed by atoms with van der Waals surface area (Å²) in [5.41, 5.74) is 2.92. The van der Waals surface area contributed by atoms with Gasteiger partial charge in [0, 0.05) is 31.4 Å². The molecule has 0 aliphatic carbocycles. The van der Waals surface area contributed by atoms with Gasteiger partial charge in [0.1, 0.15) is 5.76 Å². The van der Waals surface area contributed by atoms with Gasteiger partial charge < -0.3 is 14.5 Å². The second-order valence-corrected chi connectivity index (χ2v) is 6.57. The van der Waals surface area contributed by atoms with Crippen LogP contribution in [-0.4, -0.2) is 56.0 Å². The fourth-order valence-corrected chi connectivity index (χ4v) is 2.93. The molecule has 0 radical (unpaired) electrons. The molecule has 4 rings (SSSR count). The van der Waals surface area contributed by atoms with Gasteiger partial charge in [0.2, 0.25) is 5.78 Å². The fraction of sp³-hybridized carbons (Fsp3) is 0.250. The first-order valence-corrected chi connectivity index (χ1v) is 9.36. The molecule has 10 heteroatoms. The van der Waals surface area contributed by atoms with Crippen LogP contribution in [0.5, 0.6) is 0 Å². The van der Waals surface area contributed by atoms with E-state index in [9.17, 15) is 4.79 Å². The molecule has 0 saturated carbocycles. The second kappa shape index (κ2) is 8.70. The van der Waals surface area contributed by atoms with E-state index in [2.05, 4.69) is 30.6 Å². The van der Waals surface area contributed by atoms with Gasteiger partial charge in [-0.15, -0.1) is 0 Å². The van der Waals surface area contributed by atoms with Gasteiger partial charge in [-0.25, -0.2) is 9.97 Å². The van der Waals surface area contributed by atoms with Gasteiger partial charge in [-0.2, -0.15) is 10.2 Å². The van der Waals surface area contributed by atoms with Crippen LogP contribution >= 0.6 is 0 Å². The number of hydrogen-bond donors (Lipinski definition) is 2. The maximum atomic E-state index is 12.7. The highest BCUT2D eigenvalue weighted by atomic mass is 16.5. The smallest absolute Gasteiger partial charge is 0.216 e. The Morgan fingerprint density at radius 1 is 1.30 bits per heavy atom. The zero-order chi connectivity index (χ0) is 20.9. The quantitative estimate of drug-likeness (QED) is 0.406. The van der Waals surface area contributed by atoms with Crippen LogP contribution in [-0.2, 0) is 11.3 Å². The van der Waals surface area contributed by atoms with Crippen LogP contribution in [0, 0.1) is 6.92 Å². The molecule has 0 bridgehead atoms. The van der Waals surface area contributed by atoms with Crippen LogP contribution < -0.4 is 5.32 Å². The highest BCUT2D eigenvalue weighted by Gasteiger charge is 2.17. The van der Waals surface area contributed by atoms with Gasteiger partial charge in [0.15, 0.2) is 17.3 Å². The summed E-state index contributed by atoms with van der Waals surface area (Å²) >= 11 is 0. The highest BCUT2D eigenvalue weighted by Crippen LogP contribution is 2.25. The standard InChI is InChI=1S/C20H21N7O3/c1-13-14(10-24-25-13)17-4-5-18(30-17)16(28)11-23-15-12-27(8-9-29-2)26-19(15)20-21-6-3-7-22-20/h3-7,10,12,23H,8-9,11H2,1-2H3,(H,24,25). The van der Waals surface area contributed by atoms with E-state index >= 15 is 0 Å². The van der Waals surface area contributed by atoms with Crippen molar-refractivity contribution >= 4 is 11.5 Å². The summed E-state index contributed by atoms with van der Waals surface area (Å²) in [5.74, 6) is 1.14. The van der Waals surface area contributed by atoms with Crippen LogP contribution in [0.1, 0.15) is 16.2 Å². The van der Waals surface area contributed by atoms with Crippen LogP contribution in [0.4, 0.5) is 5.69 Å². The fourth-order valence-electron chi connectivity index (χ4n) is 2.93. The van der Waals surface area contributed by atoms with Gasteiger partial charge in [0.25, 0.3) is 0 Å². The average molecular weight is 407 g/mol. The second-order valence-electron chi connectivity index (χ2n) is 6.57. The summed E-state index contributed by atoms with van der Waals surface area (Å²) < 4.78 is 12.6. The molecule has 0 aliphatic heterocycles. The van der Waals surface area contributed by atoms with Crippen molar-refractivity contribution in [2.45, 2.75) is 13.5 Å². The number of nitrogens with one attached hydrogen (secondary N) is 2. The predicted molar refractivity (Wildman–Crippen MR) is 109 cm³/mol. The monoisotopic (exact) mass is 407 g/mol. The van der Waals surface area contributed by atoms with E-state index in [0.717, 1.165) is 11.3 Å². The minimum Gasteiger partial charge on any atom is -0.453 e. The van der Waals surface area contributed by atoms with Crippen LogP contribution in [0.2, 0.25) is 0 Å². The number of carbonyl (C=O) groups is 1. The van der Waals surface area contributed by atoms with E-state index in [1.165, 1.54) is 0 Å². The number of ketones is 1. The molecule has 4 aromatic heterocycles. The van der Waals surface area contributed by atoms with Gasteiger partial charge >= 0.3 is 0 Å². The van der Waals surface area contributed by atoms with Crippen LogP contribution in [0.25, 0.3) is 22.8 Å². The number of carbonyl (C=O) groups excluding carboxylic acids is 1. The van der Waals surface area contributed by atoms with Gasteiger partial charge in [-0.1, -0.05) is 0 Å². The first-order valence-electron chi connectivity index (χ1n) is 9.36. The lowest BCUT2D eigenvalue weighted by atomic mass is 10.2. The van der Waals surface area contributed by atoms with E-state index in [1.807, 2.05) is 6.92 Å². The largest absolute Gasteiger partial charge is 0.453 e. The Bertz CT molecular complexity index is 1130. The third-order valence-electron chi connectivity index (χ3n) is 4.48. The number of Topliss-reactive ketones (excluding diaryl/α,β-unsaturated/α-hetero) is 1. The van der Waals surface area contributed by atoms with Gasteiger partial charge in [-0.05, 0) is 25.1 Å². The molecule has 0 amide bonds. The van der Waals surface area contributed by atoms with E-state index in [4.69, 9.17) is 9.15 Å². The summed E-state index contributed by atoms with van der Waals surface area (Å²) in [6.45, 7) is 3.00. The van der Waals surface area contributed by atoms with Crippen LogP contribution in [0.15, 0.2) is 47.4 Å². The van der Waals surface area contributed by atoms with E-state index in [1.54, 1.807) is 54.8 Å². The Morgan fingerprint density at radius 2 is 2.13 bits per heavy atom. The summed E-state index contributed by atoms with van der Waals surface area (Å²) in [6.07, 6.45) is 6.77. The van der Waals surface area contributed by atoms with Gasteiger partial charge in [0.05, 0.1) is 37.1 Å². The lowest BCUT2D eigenvalue weighted by molar-refractivity contribution is 0.0980. The third kappa shape index (κ3) is 4.13. The SMILES string of the molecule is COCCn1cc(NCC(=O)c2ccc(-c3cn[nH]c3C)o2)c(-c2ncccn2)n1.